The number of fused-ring (bicyclic) bond motifs is 1. The molecule has 0 bridgehead atoms. The SMILES string of the molecule is Cc1ccc(NC(=O)Cn2nc3nc(N4CCCC4)ccn3c2=O)cc1C. The van der Waals surface area contributed by atoms with Gasteiger partial charge >= 0.3 is 5.69 Å². The van der Waals surface area contributed by atoms with E-state index in [0.29, 0.717) is 11.5 Å². The van der Waals surface area contributed by atoms with Crippen LogP contribution in [0.2, 0.25) is 0 Å². The minimum atomic E-state index is -0.374. The van der Waals surface area contributed by atoms with Crippen molar-refractivity contribution in [3.63, 3.8) is 0 Å². The first-order valence-electron chi connectivity index (χ1n) is 9.09. The molecule has 8 heteroatoms. The molecule has 1 N–H and O–H groups in total. The van der Waals surface area contributed by atoms with Crippen molar-refractivity contribution >= 4 is 23.2 Å². The van der Waals surface area contributed by atoms with Gasteiger partial charge in [-0.1, -0.05) is 6.07 Å². The molecule has 0 unspecified atom stereocenters. The largest absolute Gasteiger partial charge is 0.356 e. The third kappa shape index (κ3) is 3.42. The number of carbonyl (C=O) groups is 1. The summed E-state index contributed by atoms with van der Waals surface area (Å²) in [7, 11) is 0. The first kappa shape index (κ1) is 17.3. The summed E-state index contributed by atoms with van der Waals surface area (Å²) in [6.07, 6.45) is 3.96. The van der Waals surface area contributed by atoms with Crippen LogP contribution >= 0.6 is 0 Å². The van der Waals surface area contributed by atoms with Gasteiger partial charge in [0.25, 0.3) is 5.78 Å². The summed E-state index contributed by atoms with van der Waals surface area (Å²) < 4.78 is 2.51. The van der Waals surface area contributed by atoms with Gasteiger partial charge in [-0.3, -0.25) is 4.79 Å². The number of anilines is 2. The molecule has 3 aromatic rings. The quantitative estimate of drug-likeness (QED) is 0.760. The Morgan fingerprint density at radius 3 is 2.67 bits per heavy atom. The zero-order valence-electron chi connectivity index (χ0n) is 15.5. The van der Waals surface area contributed by atoms with E-state index in [1.54, 1.807) is 6.20 Å². The highest BCUT2D eigenvalue weighted by atomic mass is 16.2. The first-order chi connectivity index (χ1) is 13.0. The van der Waals surface area contributed by atoms with Crippen LogP contribution in [0.3, 0.4) is 0 Å². The number of hydrogen-bond acceptors (Lipinski definition) is 5. The van der Waals surface area contributed by atoms with Crippen LogP contribution in [-0.2, 0) is 11.3 Å². The van der Waals surface area contributed by atoms with Crippen LogP contribution in [0, 0.1) is 13.8 Å². The predicted octanol–water partition coefficient (Wildman–Crippen LogP) is 1.75. The number of rotatable bonds is 4. The molecule has 4 rings (SSSR count). The molecule has 1 amide bonds. The molecule has 0 atom stereocenters. The Bertz CT molecular complexity index is 1060. The molecule has 0 aliphatic carbocycles. The Balaban J connectivity index is 1.54. The van der Waals surface area contributed by atoms with Crippen LogP contribution in [0.25, 0.3) is 5.78 Å². The Morgan fingerprint density at radius 1 is 1.15 bits per heavy atom. The molecule has 1 fully saturated rings. The van der Waals surface area contributed by atoms with Gasteiger partial charge in [0, 0.05) is 25.0 Å². The molecule has 0 saturated carbocycles. The molecular formula is C19H22N6O2. The van der Waals surface area contributed by atoms with E-state index in [1.165, 1.54) is 4.40 Å². The minimum Gasteiger partial charge on any atom is -0.356 e. The van der Waals surface area contributed by atoms with E-state index in [0.717, 1.165) is 47.6 Å². The second kappa shape index (κ2) is 6.86. The maximum absolute atomic E-state index is 12.5. The third-order valence-electron chi connectivity index (χ3n) is 4.95. The Labute approximate surface area is 156 Å². The number of carbonyl (C=O) groups excluding carboxylic acids is 1. The second-order valence-electron chi connectivity index (χ2n) is 6.94. The molecule has 1 aliphatic heterocycles. The zero-order valence-corrected chi connectivity index (χ0v) is 15.5. The number of nitrogens with one attached hydrogen (secondary N) is 1. The fourth-order valence-electron chi connectivity index (χ4n) is 3.28. The summed E-state index contributed by atoms with van der Waals surface area (Å²) in [5, 5.41) is 7.04. The molecule has 1 aliphatic rings. The van der Waals surface area contributed by atoms with Crippen LogP contribution in [0.15, 0.2) is 35.3 Å². The van der Waals surface area contributed by atoms with Crippen LogP contribution in [0.4, 0.5) is 11.5 Å². The highest BCUT2D eigenvalue weighted by Crippen LogP contribution is 2.17. The summed E-state index contributed by atoms with van der Waals surface area (Å²) in [6, 6.07) is 7.52. The highest BCUT2D eigenvalue weighted by Gasteiger charge is 2.17. The standard InChI is InChI=1S/C19H22N6O2/c1-13-5-6-15(11-14(13)2)20-17(26)12-25-19(27)24-10-7-16(21-18(24)22-25)23-8-3-4-9-23/h5-7,10-11H,3-4,8-9,12H2,1-2H3,(H,20,26). The molecule has 3 heterocycles. The maximum atomic E-state index is 12.5. The molecular weight excluding hydrogens is 344 g/mol. The Morgan fingerprint density at radius 2 is 1.93 bits per heavy atom. The van der Waals surface area contributed by atoms with Gasteiger partial charge in [0.1, 0.15) is 12.4 Å². The lowest BCUT2D eigenvalue weighted by Crippen LogP contribution is -2.28. The number of aromatic nitrogens is 4. The molecule has 27 heavy (non-hydrogen) atoms. The highest BCUT2D eigenvalue weighted by molar-refractivity contribution is 5.90. The average molecular weight is 366 g/mol. The van der Waals surface area contributed by atoms with Crippen molar-refractivity contribution in [3.05, 3.63) is 52.1 Å². The van der Waals surface area contributed by atoms with Crippen molar-refractivity contribution in [2.24, 2.45) is 0 Å². The van der Waals surface area contributed by atoms with Gasteiger partial charge in [-0.05, 0) is 56.0 Å². The zero-order chi connectivity index (χ0) is 19.0. The molecule has 0 radical (unpaired) electrons. The molecule has 1 saturated heterocycles. The Kier molecular flexibility index (Phi) is 4.39. The minimum absolute atomic E-state index is 0.159. The van der Waals surface area contributed by atoms with Gasteiger partial charge in [-0.25, -0.2) is 13.9 Å². The summed E-state index contributed by atoms with van der Waals surface area (Å²) in [4.78, 5) is 31.5. The number of aryl methyl sites for hydroxylation is 2. The van der Waals surface area contributed by atoms with Crippen molar-refractivity contribution < 1.29 is 4.79 Å². The van der Waals surface area contributed by atoms with Crippen molar-refractivity contribution in [1.29, 1.82) is 0 Å². The van der Waals surface area contributed by atoms with Crippen LogP contribution in [-0.4, -0.2) is 38.2 Å². The summed E-state index contributed by atoms with van der Waals surface area (Å²) in [5.41, 5.74) is 2.58. The molecule has 2 aromatic heterocycles. The topological polar surface area (TPSA) is 84.5 Å². The Hall–Kier alpha value is -3.16. The lowest BCUT2D eigenvalue weighted by molar-refractivity contribution is -0.117. The summed E-state index contributed by atoms with van der Waals surface area (Å²) >= 11 is 0. The molecule has 140 valence electrons. The van der Waals surface area contributed by atoms with Crippen molar-refractivity contribution in [2.45, 2.75) is 33.2 Å². The van der Waals surface area contributed by atoms with Gasteiger partial charge in [-0.2, -0.15) is 4.98 Å². The number of hydrogen-bond donors (Lipinski definition) is 1. The third-order valence-corrected chi connectivity index (χ3v) is 4.95. The fraction of sp³-hybridized carbons (Fsp3) is 0.368. The van der Waals surface area contributed by atoms with E-state index in [-0.39, 0.29) is 18.1 Å². The van der Waals surface area contributed by atoms with E-state index in [1.807, 2.05) is 38.1 Å². The predicted molar refractivity (Wildman–Crippen MR) is 103 cm³/mol. The number of benzene rings is 1. The van der Waals surface area contributed by atoms with Crippen molar-refractivity contribution in [1.82, 2.24) is 19.2 Å². The van der Waals surface area contributed by atoms with Crippen LogP contribution in [0.1, 0.15) is 24.0 Å². The fourth-order valence-corrected chi connectivity index (χ4v) is 3.28. The average Bonchev–Trinajstić information content (AvgIpc) is 3.27. The summed E-state index contributed by atoms with van der Waals surface area (Å²) in [6.45, 7) is 5.77. The number of amides is 1. The number of nitrogens with zero attached hydrogens (tertiary/aromatic N) is 5. The first-order valence-corrected chi connectivity index (χ1v) is 9.09. The van der Waals surface area contributed by atoms with Gasteiger partial charge < -0.3 is 10.2 Å². The van der Waals surface area contributed by atoms with Crippen LogP contribution in [0.5, 0.6) is 0 Å². The van der Waals surface area contributed by atoms with Gasteiger partial charge in [-0.15, -0.1) is 5.10 Å². The van der Waals surface area contributed by atoms with Gasteiger partial charge in [0.15, 0.2) is 0 Å². The van der Waals surface area contributed by atoms with Crippen molar-refractivity contribution in [3.8, 4) is 0 Å². The molecule has 1 aromatic carbocycles. The normalized spacial score (nSPS) is 14.1. The van der Waals surface area contributed by atoms with Crippen LogP contribution < -0.4 is 15.9 Å². The van der Waals surface area contributed by atoms with E-state index >= 15 is 0 Å². The lowest BCUT2D eigenvalue weighted by Gasteiger charge is -2.15. The van der Waals surface area contributed by atoms with E-state index in [4.69, 9.17) is 0 Å². The molecule has 8 nitrogen and oxygen atoms in total. The van der Waals surface area contributed by atoms with Gasteiger partial charge in [0.05, 0.1) is 0 Å². The van der Waals surface area contributed by atoms with Crippen molar-refractivity contribution in [2.75, 3.05) is 23.3 Å². The lowest BCUT2D eigenvalue weighted by atomic mass is 10.1. The second-order valence-corrected chi connectivity index (χ2v) is 6.94. The van der Waals surface area contributed by atoms with Gasteiger partial charge in [0.2, 0.25) is 5.91 Å². The maximum Gasteiger partial charge on any atom is 0.352 e. The van der Waals surface area contributed by atoms with E-state index < -0.39 is 0 Å². The smallest absolute Gasteiger partial charge is 0.352 e. The monoisotopic (exact) mass is 366 g/mol. The van der Waals surface area contributed by atoms with E-state index in [2.05, 4.69) is 20.3 Å². The molecule has 0 spiro atoms. The summed E-state index contributed by atoms with van der Waals surface area (Å²) in [5.74, 6) is 0.823. The van der Waals surface area contributed by atoms with E-state index in [9.17, 15) is 9.59 Å².